The highest BCUT2D eigenvalue weighted by molar-refractivity contribution is 7.91. The van der Waals surface area contributed by atoms with Gasteiger partial charge in [0.2, 0.25) is 5.91 Å². The lowest BCUT2D eigenvalue weighted by Gasteiger charge is -2.08. The van der Waals surface area contributed by atoms with Gasteiger partial charge in [-0.3, -0.25) is 4.79 Å². The van der Waals surface area contributed by atoms with Crippen molar-refractivity contribution < 1.29 is 17.6 Å². The number of amides is 1. The third-order valence-electron chi connectivity index (χ3n) is 3.28. The van der Waals surface area contributed by atoms with Crippen molar-refractivity contribution in [2.45, 2.75) is 25.2 Å². The molecule has 1 N–H and O–H groups in total. The molecule has 2 aromatic carbocycles. The van der Waals surface area contributed by atoms with Gasteiger partial charge >= 0.3 is 0 Å². The summed E-state index contributed by atoms with van der Waals surface area (Å²) in [6, 6.07) is 10.7. The number of rotatable bonds is 5. The number of hydrogen-bond donors (Lipinski definition) is 1. The maximum absolute atomic E-state index is 13.6. The first-order chi connectivity index (χ1) is 10.8. The lowest BCUT2D eigenvalue weighted by atomic mass is 10.1. The standard InChI is InChI=1S/C17H18FNO3S/c1-12-9-13(2)11-14(10-12)19-17(20)7-8-23(21,22)16-6-4-3-5-15(16)18/h3-6,9-11H,7-8H2,1-2H3,(H,19,20). The minimum atomic E-state index is -3.83. The van der Waals surface area contributed by atoms with Gasteiger partial charge in [-0.2, -0.15) is 0 Å². The Morgan fingerprint density at radius 2 is 1.70 bits per heavy atom. The Kier molecular flexibility index (Phi) is 5.15. The van der Waals surface area contributed by atoms with Gasteiger partial charge in [-0.05, 0) is 49.2 Å². The van der Waals surface area contributed by atoms with Crippen LogP contribution in [0.15, 0.2) is 47.4 Å². The van der Waals surface area contributed by atoms with Gasteiger partial charge in [0.1, 0.15) is 10.7 Å². The minimum Gasteiger partial charge on any atom is -0.326 e. The Hall–Kier alpha value is -2.21. The van der Waals surface area contributed by atoms with Crippen LogP contribution in [-0.2, 0) is 14.6 Å². The number of carbonyl (C=O) groups is 1. The molecule has 0 saturated carbocycles. The fraction of sp³-hybridized carbons (Fsp3) is 0.235. The minimum absolute atomic E-state index is 0.232. The third-order valence-corrected chi connectivity index (χ3v) is 5.02. The number of halogens is 1. The molecular weight excluding hydrogens is 317 g/mol. The Labute approximate surface area is 135 Å². The molecule has 0 bridgehead atoms. The Balaban J connectivity index is 2.03. The highest BCUT2D eigenvalue weighted by Gasteiger charge is 2.20. The highest BCUT2D eigenvalue weighted by atomic mass is 32.2. The summed E-state index contributed by atoms with van der Waals surface area (Å²) in [4.78, 5) is 11.6. The topological polar surface area (TPSA) is 63.2 Å². The first-order valence-corrected chi connectivity index (χ1v) is 8.78. The van der Waals surface area contributed by atoms with Gasteiger partial charge in [0.25, 0.3) is 0 Å². The van der Waals surface area contributed by atoms with Crippen LogP contribution in [0.4, 0.5) is 10.1 Å². The zero-order valence-corrected chi connectivity index (χ0v) is 13.8. The fourth-order valence-electron chi connectivity index (χ4n) is 2.30. The summed E-state index contributed by atoms with van der Waals surface area (Å²) in [5, 5.41) is 2.67. The largest absolute Gasteiger partial charge is 0.326 e. The summed E-state index contributed by atoms with van der Waals surface area (Å²) in [5.41, 5.74) is 2.62. The average Bonchev–Trinajstić information content (AvgIpc) is 2.44. The molecule has 0 atom stereocenters. The first kappa shape index (κ1) is 17.1. The third kappa shape index (κ3) is 4.63. The summed E-state index contributed by atoms with van der Waals surface area (Å²) in [5.74, 6) is -1.66. The molecule has 0 aliphatic heterocycles. The Bertz CT molecular complexity index is 811. The second-order valence-corrected chi connectivity index (χ2v) is 7.50. The molecule has 122 valence electrons. The average molecular weight is 335 g/mol. The number of carbonyl (C=O) groups excluding carboxylic acids is 1. The van der Waals surface area contributed by atoms with E-state index < -0.39 is 27.3 Å². The second kappa shape index (κ2) is 6.91. The second-order valence-electron chi connectivity index (χ2n) is 5.42. The molecule has 0 heterocycles. The van der Waals surface area contributed by atoms with E-state index in [2.05, 4.69) is 5.32 Å². The van der Waals surface area contributed by atoms with Gasteiger partial charge in [-0.1, -0.05) is 18.2 Å². The van der Waals surface area contributed by atoms with E-state index in [-0.39, 0.29) is 11.3 Å². The van der Waals surface area contributed by atoms with Crippen LogP contribution in [0.3, 0.4) is 0 Å². The van der Waals surface area contributed by atoms with Gasteiger partial charge < -0.3 is 5.32 Å². The number of benzene rings is 2. The van der Waals surface area contributed by atoms with Gasteiger partial charge in [-0.25, -0.2) is 12.8 Å². The van der Waals surface area contributed by atoms with E-state index in [1.54, 1.807) is 12.1 Å². The lowest BCUT2D eigenvalue weighted by molar-refractivity contribution is -0.115. The van der Waals surface area contributed by atoms with Crippen LogP contribution < -0.4 is 5.32 Å². The quantitative estimate of drug-likeness (QED) is 0.912. The maximum Gasteiger partial charge on any atom is 0.225 e. The van der Waals surface area contributed by atoms with Crippen molar-refractivity contribution in [1.82, 2.24) is 0 Å². The van der Waals surface area contributed by atoms with Gasteiger partial charge in [0.15, 0.2) is 9.84 Å². The monoisotopic (exact) mass is 335 g/mol. The van der Waals surface area contributed by atoms with E-state index in [0.717, 1.165) is 17.2 Å². The maximum atomic E-state index is 13.6. The van der Waals surface area contributed by atoms with Crippen molar-refractivity contribution in [2.24, 2.45) is 0 Å². The molecule has 0 saturated heterocycles. The molecule has 4 nitrogen and oxygen atoms in total. The predicted molar refractivity (Wildman–Crippen MR) is 87.6 cm³/mol. The van der Waals surface area contributed by atoms with Crippen LogP contribution in [0.25, 0.3) is 0 Å². The van der Waals surface area contributed by atoms with Crippen LogP contribution in [0.5, 0.6) is 0 Å². The summed E-state index contributed by atoms with van der Waals surface area (Å²) in [7, 11) is -3.83. The lowest BCUT2D eigenvalue weighted by Crippen LogP contribution is -2.18. The molecule has 0 radical (unpaired) electrons. The van der Waals surface area contributed by atoms with Crippen molar-refractivity contribution in [3.05, 3.63) is 59.4 Å². The molecule has 0 unspecified atom stereocenters. The van der Waals surface area contributed by atoms with Crippen molar-refractivity contribution >= 4 is 21.4 Å². The normalized spacial score (nSPS) is 11.3. The predicted octanol–water partition coefficient (Wildman–Crippen LogP) is 3.25. The summed E-state index contributed by atoms with van der Waals surface area (Å²) in [6.07, 6.45) is -0.232. The highest BCUT2D eigenvalue weighted by Crippen LogP contribution is 2.17. The Morgan fingerprint density at radius 3 is 2.30 bits per heavy atom. The molecule has 0 aliphatic carbocycles. The molecule has 2 rings (SSSR count). The van der Waals surface area contributed by atoms with Crippen LogP contribution in [-0.4, -0.2) is 20.1 Å². The number of nitrogens with one attached hydrogen (secondary N) is 1. The zero-order chi connectivity index (χ0) is 17.0. The van der Waals surface area contributed by atoms with Crippen LogP contribution >= 0.6 is 0 Å². The summed E-state index contributed by atoms with van der Waals surface area (Å²) in [6.45, 7) is 3.82. The summed E-state index contributed by atoms with van der Waals surface area (Å²) < 4.78 is 37.8. The molecule has 0 spiro atoms. The van der Waals surface area contributed by atoms with Crippen molar-refractivity contribution in [3.8, 4) is 0 Å². The van der Waals surface area contributed by atoms with E-state index >= 15 is 0 Å². The van der Waals surface area contributed by atoms with Crippen molar-refractivity contribution in [3.63, 3.8) is 0 Å². The van der Waals surface area contributed by atoms with E-state index in [9.17, 15) is 17.6 Å². The molecule has 2 aromatic rings. The molecule has 0 aromatic heterocycles. The van der Waals surface area contributed by atoms with Crippen LogP contribution in [0.1, 0.15) is 17.5 Å². The van der Waals surface area contributed by atoms with Gasteiger partial charge in [0, 0.05) is 12.1 Å². The molecular formula is C17H18FNO3S. The zero-order valence-electron chi connectivity index (χ0n) is 13.0. The van der Waals surface area contributed by atoms with Crippen LogP contribution in [0.2, 0.25) is 0 Å². The number of sulfone groups is 1. The number of anilines is 1. The van der Waals surface area contributed by atoms with Crippen molar-refractivity contribution in [1.29, 1.82) is 0 Å². The molecule has 0 fully saturated rings. The fourth-order valence-corrected chi connectivity index (χ4v) is 3.63. The van der Waals surface area contributed by atoms with Crippen molar-refractivity contribution in [2.75, 3.05) is 11.1 Å². The van der Waals surface area contributed by atoms with E-state index in [1.807, 2.05) is 19.9 Å². The smallest absolute Gasteiger partial charge is 0.225 e. The number of hydrogen-bond acceptors (Lipinski definition) is 3. The SMILES string of the molecule is Cc1cc(C)cc(NC(=O)CCS(=O)(=O)c2ccccc2F)c1. The molecule has 23 heavy (non-hydrogen) atoms. The van der Waals surface area contributed by atoms with Crippen LogP contribution in [0, 0.1) is 19.7 Å². The number of aryl methyl sites for hydroxylation is 2. The summed E-state index contributed by atoms with van der Waals surface area (Å²) >= 11 is 0. The van der Waals surface area contributed by atoms with E-state index in [0.29, 0.717) is 5.69 Å². The molecule has 6 heteroatoms. The molecule has 1 amide bonds. The Morgan fingerprint density at radius 1 is 1.09 bits per heavy atom. The van der Waals surface area contributed by atoms with E-state index in [4.69, 9.17) is 0 Å². The molecule has 0 aliphatic rings. The van der Waals surface area contributed by atoms with E-state index in [1.165, 1.54) is 18.2 Å². The van der Waals surface area contributed by atoms with Gasteiger partial charge in [0.05, 0.1) is 5.75 Å². The first-order valence-electron chi connectivity index (χ1n) is 7.13. The van der Waals surface area contributed by atoms with Gasteiger partial charge in [-0.15, -0.1) is 0 Å².